The molecule has 6 heteroatoms. The Morgan fingerprint density at radius 3 is 2.35 bits per heavy atom. The molecule has 1 heterocycles. The SMILES string of the molecule is COc1ccc(-c2c(Cc3ccccc3)[nH]/c(=N\C(=O)c3ccccc3F)n2C)cc1. The normalized spacial score (nSPS) is 11.5. The van der Waals surface area contributed by atoms with Crippen LogP contribution in [-0.4, -0.2) is 22.6 Å². The Hall–Kier alpha value is -3.93. The number of H-pyrrole nitrogens is 1. The summed E-state index contributed by atoms with van der Waals surface area (Å²) in [5.41, 5.74) is 4.15. The van der Waals surface area contributed by atoms with Gasteiger partial charge in [0, 0.05) is 24.7 Å². The number of benzene rings is 3. The van der Waals surface area contributed by atoms with Gasteiger partial charge >= 0.3 is 0 Å². The van der Waals surface area contributed by atoms with Crippen molar-refractivity contribution >= 4 is 5.91 Å². The van der Waals surface area contributed by atoms with Crippen LogP contribution in [0.2, 0.25) is 0 Å². The number of hydrogen-bond acceptors (Lipinski definition) is 2. The van der Waals surface area contributed by atoms with Gasteiger partial charge in [-0.25, -0.2) is 4.39 Å². The number of rotatable bonds is 5. The zero-order valence-corrected chi connectivity index (χ0v) is 17.3. The van der Waals surface area contributed by atoms with Gasteiger partial charge in [-0.2, -0.15) is 4.99 Å². The van der Waals surface area contributed by atoms with Crippen LogP contribution in [0.15, 0.2) is 83.9 Å². The van der Waals surface area contributed by atoms with Crippen molar-refractivity contribution < 1.29 is 13.9 Å². The molecule has 0 aliphatic carbocycles. The Labute approximate surface area is 179 Å². The summed E-state index contributed by atoms with van der Waals surface area (Å²) in [7, 11) is 3.45. The number of nitrogens with one attached hydrogen (secondary N) is 1. The van der Waals surface area contributed by atoms with Crippen molar-refractivity contribution in [3.05, 3.63) is 107 Å². The third kappa shape index (κ3) is 4.33. The minimum atomic E-state index is -0.637. The first-order valence-corrected chi connectivity index (χ1v) is 9.86. The molecule has 0 atom stereocenters. The van der Waals surface area contributed by atoms with Crippen molar-refractivity contribution in [2.24, 2.45) is 12.0 Å². The van der Waals surface area contributed by atoms with E-state index in [4.69, 9.17) is 4.74 Å². The fourth-order valence-electron chi connectivity index (χ4n) is 3.53. The first kappa shape index (κ1) is 20.3. The van der Waals surface area contributed by atoms with E-state index in [2.05, 4.69) is 9.98 Å². The maximum atomic E-state index is 14.0. The van der Waals surface area contributed by atoms with Gasteiger partial charge in [0.1, 0.15) is 11.6 Å². The Morgan fingerprint density at radius 2 is 1.68 bits per heavy atom. The molecule has 1 N–H and O–H groups in total. The number of methoxy groups -OCH3 is 1. The van der Waals surface area contributed by atoms with Crippen LogP contribution in [0.1, 0.15) is 21.6 Å². The van der Waals surface area contributed by atoms with Crippen LogP contribution in [0.5, 0.6) is 5.75 Å². The van der Waals surface area contributed by atoms with Crippen LogP contribution < -0.4 is 10.4 Å². The van der Waals surface area contributed by atoms with E-state index < -0.39 is 11.7 Å². The second-order valence-corrected chi connectivity index (χ2v) is 7.12. The molecule has 3 aromatic carbocycles. The van der Waals surface area contributed by atoms with Crippen LogP contribution in [0.25, 0.3) is 11.3 Å². The number of aromatic nitrogens is 2. The van der Waals surface area contributed by atoms with E-state index in [1.54, 1.807) is 19.2 Å². The largest absolute Gasteiger partial charge is 0.497 e. The lowest BCUT2D eigenvalue weighted by Gasteiger charge is -2.08. The van der Waals surface area contributed by atoms with Crippen molar-refractivity contribution in [2.45, 2.75) is 6.42 Å². The van der Waals surface area contributed by atoms with Crippen molar-refractivity contribution in [2.75, 3.05) is 7.11 Å². The number of amides is 1. The number of ether oxygens (including phenoxy) is 1. The Morgan fingerprint density at radius 1 is 1.00 bits per heavy atom. The molecule has 1 amide bonds. The Balaban J connectivity index is 1.83. The fourth-order valence-corrected chi connectivity index (χ4v) is 3.53. The molecule has 0 spiro atoms. The smallest absolute Gasteiger partial charge is 0.283 e. The molecule has 0 aliphatic heterocycles. The lowest BCUT2D eigenvalue weighted by molar-refractivity contribution is 0.0993. The van der Waals surface area contributed by atoms with Crippen molar-refractivity contribution in [1.29, 1.82) is 0 Å². The molecule has 31 heavy (non-hydrogen) atoms. The van der Waals surface area contributed by atoms with Gasteiger partial charge in [-0.1, -0.05) is 42.5 Å². The first-order chi connectivity index (χ1) is 15.1. The summed E-state index contributed by atoms with van der Waals surface area (Å²) >= 11 is 0. The number of halogens is 1. The molecule has 0 fully saturated rings. The van der Waals surface area contributed by atoms with Gasteiger partial charge < -0.3 is 14.3 Å². The summed E-state index contributed by atoms with van der Waals surface area (Å²) in [6.07, 6.45) is 0.624. The minimum absolute atomic E-state index is 0.0623. The second-order valence-electron chi connectivity index (χ2n) is 7.12. The first-order valence-electron chi connectivity index (χ1n) is 9.86. The molecule has 156 valence electrons. The summed E-state index contributed by atoms with van der Waals surface area (Å²) in [5, 5.41) is 0. The number of aromatic amines is 1. The number of imidazole rings is 1. The lowest BCUT2D eigenvalue weighted by Crippen LogP contribution is -2.19. The van der Waals surface area contributed by atoms with Gasteiger partial charge in [-0.15, -0.1) is 0 Å². The van der Waals surface area contributed by atoms with Crippen LogP contribution in [-0.2, 0) is 13.5 Å². The number of nitrogens with zero attached hydrogens (tertiary/aromatic N) is 2. The topological polar surface area (TPSA) is 59.4 Å². The number of hydrogen-bond donors (Lipinski definition) is 1. The quantitative estimate of drug-likeness (QED) is 0.522. The summed E-state index contributed by atoms with van der Waals surface area (Å²) in [6, 6.07) is 23.5. The predicted molar refractivity (Wildman–Crippen MR) is 117 cm³/mol. The van der Waals surface area contributed by atoms with Crippen molar-refractivity contribution in [3.8, 4) is 17.0 Å². The van der Waals surface area contributed by atoms with Gasteiger partial charge in [0.05, 0.1) is 18.4 Å². The summed E-state index contributed by atoms with van der Waals surface area (Å²) in [6.45, 7) is 0. The average Bonchev–Trinajstić information content (AvgIpc) is 3.09. The average molecular weight is 415 g/mol. The van der Waals surface area contributed by atoms with Gasteiger partial charge in [-0.3, -0.25) is 4.79 Å². The standard InChI is InChI=1S/C25H22FN3O2/c1-29-23(18-12-14-19(31-2)15-13-18)22(16-17-8-4-3-5-9-17)27-25(29)28-24(30)20-10-6-7-11-21(20)26/h3-15H,16H2,1-2H3,(H,27,28,30). The highest BCUT2D eigenvalue weighted by Crippen LogP contribution is 2.25. The highest BCUT2D eigenvalue weighted by Gasteiger charge is 2.16. The molecule has 4 rings (SSSR count). The van der Waals surface area contributed by atoms with Crippen LogP contribution in [0.4, 0.5) is 4.39 Å². The fraction of sp³-hybridized carbons (Fsp3) is 0.120. The molecular formula is C25H22FN3O2. The van der Waals surface area contributed by atoms with Gasteiger partial charge in [0.25, 0.3) is 5.91 Å². The third-order valence-electron chi connectivity index (χ3n) is 5.10. The highest BCUT2D eigenvalue weighted by atomic mass is 19.1. The maximum absolute atomic E-state index is 14.0. The van der Waals surface area contributed by atoms with Crippen LogP contribution in [0, 0.1) is 5.82 Å². The molecule has 1 aromatic heterocycles. The van der Waals surface area contributed by atoms with Crippen molar-refractivity contribution in [3.63, 3.8) is 0 Å². The van der Waals surface area contributed by atoms with E-state index in [-0.39, 0.29) is 5.56 Å². The predicted octanol–water partition coefficient (Wildman–Crippen LogP) is 4.50. The summed E-state index contributed by atoms with van der Waals surface area (Å²) in [5.74, 6) is -0.473. The van der Waals surface area contributed by atoms with E-state index in [9.17, 15) is 9.18 Å². The molecule has 0 radical (unpaired) electrons. The number of carbonyl (C=O) groups excluding carboxylic acids is 1. The molecule has 0 saturated carbocycles. The maximum Gasteiger partial charge on any atom is 0.283 e. The lowest BCUT2D eigenvalue weighted by atomic mass is 10.0. The van der Waals surface area contributed by atoms with Crippen LogP contribution >= 0.6 is 0 Å². The molecule has 5 nitrogen and oxygen atoms in total. The van der Waals surface area contributed by atoms with E-state index in [1.807, 2.05) is 66.2 Å². The summed E-state index contributed by atoms with van der Waals surface area (Å²) in [4.78, 5) is 20.1. The van der Waals surface area contributed by atoms with Crippen molar-refractivity contribution in [1.82, 2.24) is 9.55 Å². The van der Waals surface area contributed by atoms with E-state index >= 15 is 0 Å². The van der Waals surface area contributed by atoms with E-state index in [0.717, 1.165) is 28.3 Å². The van der Waals surface area contributed by atoms with E-state index in [1.165, 1.54) is 12.1 Å². The zero-order chi connectivity index (χ0) is 21.8. The second kappa shape index (κ2) is 8.83. The molecule has 0 unspecified atom stereocenters. The van der Waals surface area contributed by atoms with E-state index in [0.29, 0.717) is 12.0 Å². The molecule has 0 aliphatic rings. The van der Waals surface area contributed by atoms with Gasteiger partial charge in [0.2, 0.25) is 5.62 Å². The highest BCUT2D eigenvalue weighted by molar-refractivity contribution is 5.95. The molecular weight excluding hydrogens is 393 g/mol. The summed E-state index contributed by atoms with van der Waals surface area (Å²) < 4.78 is 21.1. The third-order valence-corrected chi connectivity index (χ3v) is 5.10. The zero-order valence-electron chi connectivity index (χ0n) is 17.3. The Kier molecular flexibility index (Phi) is 5.80. The Bertz CT molecular complexity index is 1270. The van der Waals surface area contributed by atoms with Gasteiger partial charge in [0.15, 0.2) is 0 Å². The molecule has 4 aromatic rings. The minimum Gasteiger partial charge on any atom is -0.497 e. The monoisotopic (exact) mass is 415 g/mol. The molecule has 0 saturated heterocycles. The van der Waals surface area contributed by atoms with Crippen LogP contribution in [0.3, 0.4) is 0 Å². The molecule has 0 bridgehead atoms. The number of carbonyl (C=O) groups is 1. The van der Waals surface area contributed by atoms with Gasteiger partial charge in [-0.05, 0) is 42.0 Å².